The molecular formula is C13H9F2NO. The molecule has 0 N–H and O–H groups in total. The molecule has 0 aliphatic rings. The number of Topliss-reactive ketones (excluding diaryl/α,β-unsaturated/α-hetero) is 1. The summed E-state index contributed by atoms with van der Waals surface area (Å²) in [6.45, 7) is 0. The van der Waals surface area contributed by atoms with E-state index in [-0.39, 0.29) is 17.8 Å². The van der Waals surface area contributed by atoms with Crippen LogP contribution in [0, 0.1) is 11.6 Å². The Morgan fingerprint density at radius 1 is 1.06 bits per heavy atom. The monoisotopic (exact) mass is 233 g/mol. The van der Waals surface area contributed by atoms with Crippen molar-refractivity contribution in [2.24, 2.45) is 0 Å². The Hall–Kier alpha value is -2.10. The van der Waals surface area contributed by atoms with E-state index in [2.05, 4.69) is 4.98 Å². The predicted molar refractivity (Wildman–Crippen MR) is 58.6 cm³/mol. The normalized spacial score (nSPS) is 10.2. The van der Waals surface area contributed by atoms with Crippen molar-refractivity contribution < 1.29 is 13.6 Å². The first-order chi connectivity index (χ1) is 8.15. The van der Waals surface area contributed by atoms with Gasteiger partial charge in [0.15, 0.2) is 5.78 Å². The second-order valence-corrected chi connectivity index (χ2v) is 3.61. The molecule has 86 valence electrons. The minimum absolute atomic E-state index is 0.0410. The van der Waals surface area contributed by atoms with Crippen LogP contribution >= 0.6 is 0 Å². The molecule has 0 saturated carbocycles. The number of hydrogen-bond donors (Lipinski definition) is 0. The van der Waals surface area contributed by atoms with Crippen LogP contribution in [0.5, 0.6) is 0 Å². The molecule has 0 spiro atoms. The molecule has 2 rings (SSSR count). The lowest BCUT2D eigenvalue weighted by molar-refractivity contribution is 0.0992. The van der Waals surface area contributed by atoms with E-state index in [1.807, 2.05) is 0 Å². The van der Waals surface area contributed by atoms with Gasteiger partial charge in [0.25, 0.3) is 0 Å². The fourth-order valence-electron chi connectivity index (χ4n) is 1.50. The van der Waals surface area contributed by atoms with Gasteiger partial charge in [-0.2, -0.15) is 0 Å². The van der Waals surface area contributed by atoms with E-state index in [0.29, 0.717) is 0 Å². The van der Waals surface area contributed by atoms with Crippen molar-refractivity contribution in [3.8, 4) is 0 Å². The van der Waals surface area contributed by atoms with Gasteiger partial charge in [-0.25, -0.2) is 8.78 Å². The number of ketones is 1. The van der Waals surface area contributed by atoms with Gasteiger partial charge < -0.3 is 0 Å². The van der Waals surface area contributed by atoms with E-state index in [1.54, 1.807) is 24.5 Å². The number of rotatable bonds is 3. The molecule has 0 unspecified atom stereocenters. The van der Waals surface area contributed by atoms with Crippen molar-refractivity contribution in [2.45, 2.75) is 6.42 Å². The van der Waals surface area contributed by atoms with E-state index >= 15 is 0 Å². The maximum Gasteiger partial charge on any atom is 0.167 e. The van der Waals surface area contributed by atoms with Crippen LogP contribution < -0.4 is 0 Å². The SMILES string of the molecule is O=C(Cc1ccncc1)c1cc(F)cc(F)c1. The van der Waals surface area contributed by atoms with Gasteiger partial charge in [-0.15, -0.1) is 0 Å². The first-order valence-electron chi connectivity index (χ1n) is 5.03. The predicted octanol–water partition coefficient (Wildman–Crippen LogP) is 2.79. The van der Waals surface area contributed by atoms with Gasteiger partial charge >= 0.3 is 0 Å². The molecule has 1 heterocycles. The van der Waals surface area contributed by atoms with Crippen molar-refractivity contribution in [3.05, 3.63) is 65.5 Å². The van der Waals surface area contributed by atoms with Crippen LogP contribution in [0.2, 0.25) is 0 Å². The number of nitrogens with zero attached hydrogens (tertiary/aromatic N) is 1. The third kappa shape index (κ3) is 2.93. The number of pyridine rings is 1. The number of benzene rings is 1. The Morgan fingerprint density at radius 3 is 2.24 bits per heavy atom. The van der Waals surface area contributed by atoms with E-state index in [4.69, 9.17) is 0 Å². The first kappa shape index (κ1) is 11.4. The van der Waals surface area contributed by atoms with Gasteiger partial charge in [0.1, 0.15) is 11.6 Å². The Balaban J connectivity index is 2.20. The standard InChI is InChI=1S/C13H9F2NO/c14-11-6-10(7-12(15)8-11)13(17)5-9-1-3-16-4-2-9/h1-4,6-8H,5H2. The molecular weight excluding hydrogens is 224 g/mol. The zero-order valence-corrected chi connectivity index (χ0v) is 8.86. The van der Waals surface area contributed by atoms with Crippen molar-refractivity contribution in [1.82, 2.24) is 4.98 Å². The first-order valence-corrected chi connectivity index (χ1v) is 5.03. The van der Waals surface area contributed by atoms with Gasteiger partial charge in [-0.05, 0) is 29.8 Å². The fourth-order valence-corrected chi connectivity index (χ4v) is 1.50. The molecule has 17 heavy (non-hydrogen) atoms. The molecule has 0 amide bonds. The smallest absolute Gasteiger partial charge is 0.167 e. The van der Waals surface area contributed by atoms with Crippen LogP contribution in [-0.2, 0) is 6.42 Å². The highest BCUT2D eigenvalue weighted by Gasteiger charge is 2.09. The highest BCUT2D eigenvalue weighted by Crippen LogP contribution is 2.11. The molecule has 0 fully saturated rings. The van der Waals surface area contributed by atoms with Gasteiger partial charge in [-0.1, -0.05) is 0 Å². The molecule has 2 aromatic rings. The van der Waals surface area contributed by atoms with E-state index in [9.17, 15) is 13.6 Å². The minimum Gasteiger partial charge on any atom is -0.294 e. The van der Waals surface area contributed by atoms with Crippen molar-refractivity contribution >= 4 is 5.78 Å². The summed E-state index contributed by atoms with van der Waals surface area (Å²) in [5.74, 6) is -1.82. The van der Waals surface area contributed by atoms with Crippen LogP contribution in [0.3, 0.4) is 0 Å². The molecule has 1 aromatic heterocycles. The average molecular weight is 233 g/mol. The second-order valence-electron chi connectivity index (χ2n) is 3.61. The number of carbonyl (C=O) groups is 1. The van der Waals surface area contributed by atoms with Gasteiger partial charge in [0, 0.05) is 30.4 Å². The number of carbonyl (C=O) groups excluding carboxylic acids is 1. The molecule has 0 aliphatic heterocycles. The summed E-state index contributed by atoms with van der Waals surface area (Å²) in [6.07, 6.45) is 3.23. The Kier molecular flexibility index (Phi) is 3.23. The van der Waals surface area contributed by atoms with Gasteiger partial charge in [0.2, 0.25) is 0 Å². The zero-order chi connectivity index (χ0) is 12.3. The molecule has 4 heteroatoms. The van der Waals surface area contributed by atoms with Gasteiger partial charge in [-0.3, -0.25) is 9.78 Å². The van der Waals surface area contributed by atoms with Crippen LogP contribution in [0.25, 0.3) is 0 Å². The number of hydrogen-bond acceptors (Lipinski definition) is 2. The molecule has 2 nitrogen and oxygen atoms in total. The highest BCUT2D eigenvalue weighted by molar-refractivity contribution is 5.97. The lowest BCUT2D eigenvalue weighted by Gasteiger charge is -2.02. The fraction of sp³-hybridized carbons (Fsp3) is 0.0769. The van der Waals surface area contributed by atoms with E-state index < -0.39 is 11.6 Å². The summed E-state index contributed by atoms with van der Waals surface area (Å²) in [6, 6.07) is 6.18. The topological polar surface area (TPSA) is 30.0 Å². The molecule has 0 radical (unpaired) electrons. The highest BCUT2D eigenvalue weighted by atomic mass is 19.1. The van der Waals surface area contributed by atoms with Crippen LogP contribution in [0.4, 0.5) is 8.78 Å². The van der Waals surface area contributed by atoms with Crippen molar-refractivity contribution in [2.75, 3.05) is 0 Å². The van der Waals surface area contributed by atoms with Crippen molar-refractivity contribution in [3.63, 3.8) is 0 Å². The van der Waals surface area contributed by atoms with Crippen molar-refractivity contribution in [1.29, 1.82) is 0 Å². The number of halogens is 2. The quantitative estimate of drug-likeness (QED) is 0.763. The largest absolute Gasteiger partial charge is 0.294 e. The molecule has 1 aromatic carbocycles. The van der Waals surface area contributed by atoms with Crippen LogP contribution in [0.1, 0.15) is 15.9 Å². The van der Waals surface area contributed by atoms with Crippen LogP contribution in [-0.4, -0.2) is 10.8 Å². The van der Waals surface area contributed by atoms with Crippen LogP contribution in [0.15, 0.2) is 42.7 Å². The Morgan fingerprint density at radius 2 is 1.65 bits per heavy atom. The second kappa shape index (κ2) is 4.82. The maximum atomic E-state index is 12.9. The summed E-state index contributed by atoms with van der Waals surface area (Å²) in [5.41, 5.74) is 0.800. The Labute approximate surface area is 96.9 Å². The zero-order valence-electron chi connectivity index (χ0n) is 8.86. The van der Waals surface area contributed by atoms with E-state index in [0.717, 1.165) is 23.8 Å². The summed E-state index contributed by atoms with van der Waals surface area (Å²) in [7, 11) is 0. The number of aromatic nitrogens is 1. The van der Waals surface area contributed by atoms with E-state index in [1.165, 1.54) is 0 Å². The Bertz CT molecular complexity index is 520. The lowest BCUT2D eigenvalue weighted by atomic mass is 10.0. The summed E-state index contributed by atoms with van der Waals surface area (Å²) < 4.78 is 25.8. The van der Waals surface area contributed by atoms with Gasteiger partial charge in [0.05, 0.1) is 0 Å². The molecule has 0 saturated heterocycles. The minimum atomic E-state index is -0.747. The molecule has 0 aliphatic carbocycles. The average Bonchev–Trinajstić information content (AvgIpc) is 2.29. The summed E-state index contributed by atoms with van der Waals surface area (Å²) in [4.78, 5) is 15.6. The molecule has 0 atom stereocenters. The summed E-state index contributed by atoms with van der Waals surface area (Å²) >= 11 is 0. The lowest BCUT2D eigenvalue weighted by Crippen LogP contribution is -2.04. The third-order valence-electron chi connectivity index (χ3n) is 2.30. The third-order valence-corrected chi connectivity index (χ3v) is 2.30. The molecule has 0 bridgehead atoms. The summed E-state index contributed by atoms with van der Waals surface area (Å²) in [5, 5.41) is 0. The maximum absolute atomic E-state index is 12.9.